The van der Waals surface area contributed by atoms with Crippen molar-refractivity contribution in [1.29, 1.82) is 0 Å². The van der Waals surface area contributed by atoms with E-state index in [2.05, 4.69) is 10.1 Å². The molecule has 12 heteroatoms. The molecule has 34 heavy (non-hydrogen) atoms. The van der Waals surface area contributed by atoms with E-state index in [1.54, 1.807) is 0 Å². The zero-order valence-corrected chi connectivity index (χ0v) is 18.1. The standard InChI is InChI=1S/C22H14F5N3O3S/c1-2-34(32,33)19-8-13(16-6-4-15(23)9-18(16)24)10-28-20(19)30-21(31)17-5-3-14(22(25,26)27)7-12(17)11-29-30/h3-11H,2H2,1H3. The molecule has 0 aliphatic carbocycles. The lowest BCUT2D eigenvalue weighted by Gasteiger charge is -2.13. The third kappa shape index (κ3) is 4.16. The van der Waals surface area contributed by atoms with Gasteiger partial charge in [0.25, 0.3) is 5.56 Å². The molecular formula is C22H14F5N3O3S. The van der Waals surface area contributed by atoms with E-state index in [0.717, 1.165) is 48.8 Å². The number of hydrogen-bond acceptors (Lipinski definition) is 5. The monoisotopic (exact) mass is 495 g/mol. The number of aromatic nitrogens is 3. The van der Waals surface area contributed by atoms with Crippen LogP contribution in [0.5, 0.6) is 0 Å². The van der Waals surface area contributed by atoms with Crippen LogP contribution in [0.2, 0.25) is 0 Å². The Morgan fingerprint density at radius 3 is 2.38 bits per heavy atom. The largest absolute Gasteiger partial charge is 0.416 e. The van der Waals surface area contributed by atoms with Crippen molar-refractivity contribution in [3.05, 3.63) is 82.4 Å². The van der Waals surface area contributed by atoms with Crippen LogP contribution in [0.4, 0.5) is 22.0 Å². The maximum atomic E-state index is 14.3. The van der Waals surface area contributed by atoms with Gasteiger partial charge in [-0.2, -0.15) is 23.0 Å². The molecule has 0 saturated heterocycles. The van der Waals surface area contributed by atoms with Crippen molar-refractivity contribution >= 4 is 20.6 Å². The number of fused-ring (bicyclic) bond motifs is 1. The van der Waals surface area contributed by atoms with E-state index in [-0.39, 0.29) is 21.9 Å². The van der Waals surface area contributed by atoms with Crippen molar-refractivity contribution in [2.45, 2.75) is 18.0 Å². The van der Waals surface area contributed by atoms with Gasteiger partial charge in [-0.15, -0.1) is 0 Å². The summed E-state index contributed by atoms with van der Waals surface area (Å²) in [7, 11) is -4.03. The molecule has 4 aromatic rings. The van der Waals surface area contributed by atoms with Gasteiger partial charge in [0.05, 0.1) is 22.9 Å². The number of halogens is 5. The molecule has 0 saturated carbocycles. The average molecular weight is 495 g/mol. The van der Waals surface area contributed by atoms with Crippen LogP contribution in [-0.4, -0.2) is 28.9 Å². The number of nitrogens with zero attached hydrogens (tertiary/aromatic N) is 3. The molecule has 0 N–H and O–H groups in total. The lowest BCUT2D eigenvalue weighted by molar-refractivity contribution is -0.137. The van der Waals surface area contributed by atoms with Crippen LogP contribution >= 0.6 is 0 Å². The first-order valence-electron chi connectivity index (χ1n) is 9.70. The summed E-state index contributed by atoms with van der Waals surface area (Å²) in [6.45, 7) is 1.35. The topological polar surface area (TPSA) is 81.9 Å². The summed E-state index contributed by atoms with van der Waals surface area (Å²) < 4.78 is 92.7. The van der Waals surface area contributed by atoms with Crippen LogP contribution in [0.15, 0.2) is 64.5 Å². The van der Waals surface area contributed by atoms with Crippen LogP contribution in [0.25, 0.3) is 27.7 Å². The Labute approximate surface area is 189 Å². The molecule has 0 atom stereocenters. The number of sulfone groups is 1. The fourth-order valence-corrected chi connectivity index (χ4v) is 4.36. The van der Waals surface area contributed by atoms with Crippen molar-refractivity contribution in [3.8, 4) is 16.9 Å². The number of hydrogen-bond donors (Lipinski definition) is 0. The molecule has 2 aromatic heterocycles. The Morgan fingerprint density at radius 1 is 1.00 bits per heavy atom. The van der Waals surface area contributed by atoms with Gasteiger partial charge in [-0.25, -0.2) is 22.2 Å². The number of alkyl halides is 3. The fourth-order valence-electron chi connectivity index (χ4n) is 3.33. The molecule has 0 bridgehead atoms. The Hall–Kier alpha value is -3.67. The quantitative estimate of drug-likeness (QED) is 0.389. The summed E-state index contributed by atoms with van der Waals surface area (Å²) in [5, 5.41) is 3.59. The van der Waals surface area contributed by atoms with Gasteiger partial charge in [-0.1, -0.05) is 6.92 Å². The second-order valence-electron chi connectivity index (χ2n) is 7.23. The molecule has 0 fully saturated rings. The van der Waals surface area contributed by atoms with Crippen molar-refractivity contribution < 1.29 is 30.4 Å². The van der Waals surface area contributed by atoms with E-state index in [9.17, 15) is 35.2 Å². The molecule has 0 aliphatic rings. The molecule has 0 amide bonds. The van der Waals surface area contributed by atoms with Crippen molar-refractivity contribution in [2.75, 3.05) is 5.75 Å². The normalized spacial score (nSPS) is 12.3. The zero-order chi connectivity index (χ0) is 24.8. The predicted molar refractivity (Wildman–Crippen MR) is 113 cm³/mol. The number of rotatable bonds is 4. The van der Waals surface area contributed by atoms with Crippen LogP contribution < -0.4 is 5.56 Å². The summed E-state index contributed by atoms with van der Waals surface area (Å²) in [4.78, 5) is 16.5. The van der Waals surface area contributed by atoms with Gasteiger partial charge in [0.1, 0.15) is 16.5 Å². The fraction of sp³-hybridized carbons (Fsp3) is 0.136. The zero-order valence-electron chi connectivity index (χ0n) is 17.3. The third-order valence-corrected chi connectivity index (χ3v) is 6.84. The first-order valence-corrected chi connectivity index (χ1v) is 11.4. The van der Waals surface area contributed by atoms with E-state index < -0.39 is 55.2 Å². The Morgan fingerprint density at radius 2 is 1.74 bits per heavy atom. The molecule has 2 heterocycles. The minimum absolute atomic E-state index is 0.0110. The van der Waals surface area contributed by atoms with Crippen LogP contribution in [0.3, 0.4) is 0 Å². The lowest BCUT2D eigenvalue weighted by atomic mass is 10.1. The molecule has 0 unspecified atom stereocenters. The second kappa shape index (κ2) is 8.28. The predicted octanol–water partition coefficient (Wildman–Crippen LogP) is 4.54. The highest BCUT2D eigenvalue weighted by molar-refractivity contribution is 7.91. The summed E-state index contributed by atoms with van der Waals surface area (Å²) in [5.41, 5.74) is -1.98. The molecule has 0 spiro atoms. The Bertz CT molecular complexity index is 1600. The van der Waals surface area contributed by atoms with Gasteiger partial charge in [-0.05, 0) is 36.4 Å². The summed E-state index contributed by atoms with van der Waals surface area (Å²) in [6.07, 6.45) is -2.55. The van der Waals surface area contributed by atoms with Crippen LogP contribution in [0, 0.1) is 11.6 Å². The highest BCUT2D eigenvalue weighted by atomic mass is 32.2. The molecule has 0 radical (unpaired) electrons. The highest BCUT2D eigenvalue weighted by Crippen LogP contribution is 2.31. The summed E-state index contributed by atoms with van der Waals surface area (Å²) in [5.74, 6) is -2.57. The van der Waals surface area contributed by atoms with Gasteiger partial charge in [-0.3, -0.25) is 4.79 Å². The highest BCUT2D eigenvalue weighted by Gasteiger charge is 2.31. The van der Waals surface area contributed by atoms with Gasteiger partial charge < -0.3 is 0 Å². The number of benzene rings is 2. The molecule has 176 valence electrons. The summed E-state index contributed by atoms with van der Waals surface area (Å²) >= 11 is 0. The SMILES string of the molecule is CCS(=O)(=O)c1cc(-c2ccc(F)cc2F)cnc1-n1ncc2cc(C(F)(F)F)ccc2c1=O. The summed E-state index contributed by atoms with van der Waals surface area (Å²) in [6, 6.07) is 6.27. The Balaban J connectivity index is 1.95. The van der Waals surface area contributed by atoms with Crippen molar-refractivity contribution in [1.82, 2.24) is 14.8 Å². The minimum Gasteiger partial charge on any atom is -0.267 e. The van der Waals surface area contributed by atoms with Gasteiger partial charge in [0.2, 0.25) is 0 Å². The van der Waals surface area contributed by atoms with Gasteiger partial charge in [0, 0.05) is 28.8 Å². The van der Waals surface area contributed by atoms with Crippen molar-refractivity contribution in [3.63, 3.8) is 0 Å². The molecule has 6 nitrogen and oxygen atoms in total. The minimum atomic E-state index is -4.63. The van der Waals surface area contributed by atoms with E-state index in [1.165, 1.54) is 6.92 Å². The van der Waals surface area contributed by atoms with E-state index in [1.807, 2.05) is 0 Å². The maximum Gasteiger partial charge on any atom is 0.416 e. The maximum absolute atomic E-state index is 14.3. The van der Waals surface area contributed by atoms with Crippen molar-refractivity contribution in [2.24, 2.45) is 0 Å². The van der Waals surface area contributed by atoms with Gasteiger partial charge >= 0.3 is 6.18 Å². The van der Waals surface area contributed by atoms with Gasteiger partial charge in [0.15, 0.2) is 15.7 Å². The van der Waals surface area contributed by atoms with E-state index in [0.29, 0.717) is 10.7 Å². The lowest BCUT2D eigenvalue weighted by Crippen LogP contribution is -2.24. The smallest absolute Gasteiger partial charge is 0.267 e. The van der Waals surface area contributed by atoms with Crippen LogP contribution in [-0.2, 0) is 16.0 Å². The third-order valence-electron chi connectivity index (χ3n) is 5.10. The Kier molecular flexibility index (Phi) is 5.72. The van der Waals surface area contributed by atoms with E-state index >= 15 is 0 Å². The molecule has 0 aliphatic heterocycles. The molecule has 2 aromatic carbocycles. The van der Waals surface area contributed by atoms with Crippen LogP contribution in [0.1, 0.15) is 12.5 Å². The molecular weight excluding hydrogens is 481 g/mol. The number of pyridine rings is 1. The first-order chi connectivity index (χ1) is 15.9. The molecule has 4 rings (SSSR count). The second-order valence-corrected chi connectivity index (χ2v) is 9.48. The average Bonchev–Trinajstić information content (AvgIpc) is 2.78. The first kappa shape index (κ1) is 23.5. The van der Waals surface area contributed by atoms with E-state index in [4.69, 9.17) is 0 Å².